The zero-order chi connectivity index (χ0) is 13.9. The molecule has 18 heavy (non-hydrogen) atoms. The van der Waals surface area contributed by atoms with Crippen LogP contribution in [0.5, 0.6) is 0 Å². The van der Waals surface area contributed by atoms with E-state index in [1.54, 1.807) is 0 Å². The van der Waals surface area contributed by atoms with Crippen LogP contribution in [0.3, 0.4) is 0 Å². The second kappa shape index (κ2) is 5.43. The van der Waals surface area contributed by atoms with Gasteiger partial charge in [0.2, 0.25) is 5.82 Å². The lowest BCUT2D eigenvalue weighted by Gasteiger charge is -2.07. The summed E-state index contributed by atoms with van der Waals surface area (Å²) >= 11 is 0. The number of hydrogen-bond donors (Lipinski definition) is 0. The van der Waals surface area contributed by atoms with Crippen LogP contribution in [-0.4, -0.2) is 22.5 Å². The summed E-state index contributed by atoms with van der Waals surface area (Å²) in [6.45, 7) is 1.31. The average molecular weight is 264 g/mol. The second-order valence-corrected chi connectivity index (χ2v) is 3.00. The van der Waals surface area contributed by atoms with Crippen LogP contribution in [0.4, 0.5) is 19.0 Å². The Morgan fingerprint density at radius 2 is 2.22 bits per heavy atom. The molecule has 1 heterocycles. The van der Waals surface area contributed by atoms with E-state index in [-0.39, 0.29) is 6.61 Å². The van der Waals surface area contributed by atoms with Gasteiger partial charge in [0.25, 0.3) is 6.43 Å². The number of hydrogen-bond acceptors (Lipinski definition) is 5. The molecular formula is C9H7F3N2O4. The summed E-state index contributed by atoms with van der Waals surface area (Å²) in [6.07, 6.45) is -2.90. The number of halogens is 3. The summed E-state index contributed by atoms with van der Waals surface area (Å²) in [5.74, 6) is -4.41. The Hall–Kier alpha value is -2.19. The first-order chi connectivity index (χ1) is 8.40. The lowest BCUT2D eigenvalue weighted by molar-refractivity contribution is -0.392. The minimum Gasteiger partial charge on any atom is -0.462 e. The van der Waals surface area contributed by atoms with E-state index >= 15 is 0 Å². The molecule has 6 nitrogen and oxygen atoms in total. The van der Waals surface area contributed by atoms with Crippen molar-refractivity contribution in [1.29, 1.82) is 0 Å². The van der Waals surface area contributed by atoms with Gasteiger partial charge in [-0.05, 0) is 16.8 Å². The van der Waals surface area contributed by atoms with Gasteiger partial charge in [0, 0.05) is 0 Å². The van der Waals surface area contributed by atoms with Gasteiger partial charge in [-0.3, -0.25) is 0 Å². The SMILES string of the molecule is CCOC(=O)c1cnc([N+](=O)[O-])c(F)c1C(F)F. The fourth-order valence-corrected chi connectivity index (χ4v) is 1.20. The van der Waals surface area contributed by atoms with Crippen molar-refractivity contribution in [2.24, 2.45) is 0 Å². The highest BCUT2D eigenvalue weighted by atomic mass is 19.3. The Morgan fingerprint density at radius 3 is 2.67 bits per heavy atom. The Balaban J connectivity index is 3.41. The molecule has 1 aromatic heterocycles. The number of rotatable bonds is 4. The van der Waals surface area contributed by atoms with Gasteiger partial charge < -0.3 is 14.9 Å². The lowest BCUT2D eigenvalue weighted by atomic mass is 10.1. The largest absolute Gasteiger partial charge is 0.462 e. The highest BCUT2D eigenvalue weighted by Crippen LogP contribution is 2.30. The fourth-order valence-electron chi connectivity index (χ4n) is 1.20. The van der Waals surface area contributed by atoms with Gasteiger partial charge in [-0.2, -0.15) is 4.39 Å². The fraction of sp³-hybridized carbons (Fsp3) is 0.333. The van der Waals surface area contributed by atoms with Crippen molar-refractivity contribution >= 4 is 11.8 Å². The Labute approximate surface area is 98.5 Å². The molecule has 9 heteroatoms. The summed E-state index contributed by atoms with van der Waals surface area (Å²) in [4.78, 5) is 23.4. The van der Waals surface area contributed by atoms with Crippen molar-refractivity contribution in [3.05, 3.63) is 33.3 Å². The molecule has 0 aromatic carbocycles. The third-order valence-electron chi connectivity index (χ3n) is 1.93. The number of alkyl halides is 2. The van der Waals surface area contributed by atoms with Crippen LogP contribution in [0.25, 0.3) is 0 Å². The molecule has 0 radical (unpaired) electrons. The average Bonchev–Trinajstić information content (AvgIpc) is 2.27. The molecule has 0 aliphatic carbocycles. The van der Waals surface area contributed by atoms with Gasteiger partial charge in [-0.15, -0.1) is 0 Å². The molecule has 0 amide bonds. The molecule has 0 fully saturated rings. The highest BCUT2D eigenvalue weighted by molar-refractivity contribution is 5.91. The van der Waals surface area contributed by atoms with Crippen molar-refractivity contribution in [3.8, 4) is 0 Å². The molecule has 0 bridgehead atoms. The number of ether oxygens (including phenoxy) is 1. The maximum Gasteiger partial charge on any atom is 0.400 e. The predicted octanol–water partition coefficient (Wildman–Crippen LogP) is 2.24. The number of aromatic nitrogens is 1. The molecule has 0 saturated carbocycles. The Morgan fingerprint density at radius 1 is 1.61 bits per heavy atom. The van der Waals surface area contributed by atoms with Crippen LogP contribution in [0.2, 0.25) is 0 Å². The quantitative estimate of drug-likeness (QED) is 0.473. The third-order valence-corrected chi connectivity index (χ3v) is 1.93. The second-order valence-electron chi connectivity index (χ2n) is 3.00. The molecule has 98 valence electrons. The molecule has 0 aliphatic heterocycles. The molecule has 1 rings (SSSR count). The minimum absolute atomic E-state index is 0.111. The van der Waals surface area contributed by atoms with E-state index in [1.807, 2.05) is 0 Å². The lowest BCUT2D eigenvalue weighted by Crippen LogP contribution is -2.12. The van der Waals surface area contributed by atoms with E-state index in [2.05, 4.69) is 9.72 Å². The molecular weight excluding hydrogens is 257 g/mol. The highest BCUT2D eigenvalue weighted by Gasteiger charge is 2.32. The first kappa shape index (κ1) is 13.9. The maximum atomic E-state index is 13.4. The molecule has 0 aliphatic rings. The minimum atomic E-state index is -3.40. The first-order valence-corrected chi connectivity index (χ1v) is 4.68. The predicted molar refractivity (Wildman–Crippen MR) is 51.8 cm³/mol. The van der Waals surface area contributed by atoms with Gasteiger partial charge in [0.1, 0.15) is 5.56 Å². The topological polar surface area (TPSA) is 82.3 Å². The number of nitro groups is 1. The van der Waals surface area contributed by atoms with E-state index in [4.69, 9.17) is 0 Å². The van der Waals surface area contributed by atoms with Gasteiger partial charge in [0.15, 0.2) is 6.20 Å². The van der Waals surface area contributed by atoms with Gasteiger partial charge in [-0.1, -0.05) is 0 Å². The van der Waals surface area contributed by atoms with Crippen molar-refractivity contribution in [1.82, 2.24) is 4.98 Å². The number of pyridine rings is 1. The van der Waals surface area contributed by atoms with E-state index in [1.165, 1.54) is 6.92 Å². The summed E-state index contributed by atoms with van der Waals surface area (Å²) in [6, 6.07) is 0. The molecule has 0 unspecified atom stereocenters. The van der Waals surface area contributed by atoms with Crippen LogP contribution >= 0.6 is 0 Å². The molecule has 0 atom stereocenters. The first-order valence-electron chi connectivity index (χ1n) is 4.68. The summed E-state index contributed by atoms with van der Waals surface area (Å²) < 4.78 is 43.1. The Bertz CT molecular complexity index is 493. The maximum absolute atomic E-state index is 13.4. The molecule has 0 N–H and O–H groups in total. The standard InChI is InChI=1S/C9H7F3N2O4/c1-2-18-9(15)4-3-13-8(14(16)17)6(10)5(4)7(11)12/h3,7H,2H2,1H3. The number of carbonyl (C=O) groups is 1. The van der Waals surface area contributed by atoms with Gasteiger partial charge in [0.05, 0.1) is 12.2 Å². The Kier molecular flexibility index (Phi) is 4.18. The van der Waals surface area contributed by atoms with Crippen molar-refractivity contribution in [3.63, 3.8) is 0 Å². The molecule has 0 saturated heterocycles. The van der Waals surface area contributed by atoms with E-state index in [0.717, 1.165) is 0 Å². The van der Waals surface area contributed by atoms with Crippen LogP contribution < -0.4 is 0 Å². The summed E-state index contributed by atoms with van der Waals surface area (Å²) in [5.41, 5.74) is -2.20. The third kappa shape index (κ3) is 2.55. The monoisotopic (exact) mass is 264 g/mol. The van der Waals surface area contributed by atoms with Crippen molar-refractivity contribution < 1.29 is 27.6 Å². The number of nitrogens with zero attached hydrogens (tertiary/aromatic N) is 2. The van der Waals surface area contributed by atoms with Crippen molar-refractivity contribution in [2.75, 3.05) is 6.61 Å². The summed E-state index contributed by atoms with van der Waals surface area (Å²) in [7, 11) is 0. The summed E-state index contributed by atoms with van der Waals surface area (Å²) in [5, 5.41) is 10.3. The smallest absolute Gasteiger partial charge is 0.400 e. The van der Waals surface area contributed by atoms with Gasteiger partial charge in [-0.25, -0.2) is 13.6 Å². The van der Waals surface area contributed by atoms with Crippen molar-refractivity contribution in [2.45, 2.75) is 13.3 Å². The number of esters is 1. The van der Waals surface area contributed by atoms with Crippen LogP contribution in [0, 0.1) is 15.9 Å². The molecule has 0 spiro atoms. The molecule has 1 aromatic rings. The van der Waals surface area contributed by atoms with Crippen LogP contribution in [0.1, 0.15) is 29.3 Å². The zero-order valence-corrected chi connectivity index (χ0v) is 9.02. The van der Waals surface area contributed by atoms with Gasteiger partial charge >= 0.3 is 11.8 Å². The van der Waals surface area contributed by atoms with Crippen LogP contribution in [-0.2, 0) is 4.74 Å². The number of carbonyl (C=O) groups excluding carboxylic acids is 1. The van der Waals surface area contributed by atoms with E-state index in [0.29, 0.717) is 6.20 Å². The van der Waals surface area contributed by atoms with E-state index < -0.39 is 40.1 Å². The zero-order valence-electron chi connectivity index (χ0n) is 9.02. The van der Waals surface area contributed by atoms with Crippen LogP contribution in [0.15, 0.2) is 6.20 Å². The van der Waals surface area contributed by atoms with E-state index in [9.17, 15) is 28.1 Å². The normalized spacial score (nSPS) is 10.5.